The van der Waals surface area contributed by atoms with E-state index in [2.05, 4.69) is 34.9 Å². The Bertz CT molecular complexity index is 1020. The minimum absolute atomic E-state index is 0.126. The quantitative estimate of drug-likeness (QED) is 0.487. The second-order valence-electron chi connectivity index (χ2n) is 9.36. The number of ether oxygens (including phenoxy) is 2. The van der Waals surface area contributed by atoms with Crippen LogP contribution in [-0.4, -0.2) is 66.4 Å². The van der Waals surface area contributed by atoms with Crippen molar-refractivity contribution in [2.75, 3.05) is 18.9 Å². The molecule has 168 valence electrons. The Kier molecular flexibility index (Phi) is 4.93. The van der Waals surface area contributed by atoms with Gasteiger partial charge in [0.1, 0.15) is 18.3 Å². The van der Waals surface area contributed by atoms with E-state index in [1.807, 2.05) is 0 Å². The maximum atomic E-state index is 10.3. The molecule has 1 aliphatic heterocycles. The average Bonchev–Trinajstić information content (AvgIpc) is 3.29. The van der Waals surface area contributed by atoms with Crippen LogP contribution in [0.2, 0.25) is 0 Å². The highest BCUT2D eigenvalue weighted by Gasteiger charge is 2.50. The van der Waals surface area contributed by atoms with E-state index in [9.17, 15) is 15.3 Å². The van der Waals surface area contributed by atoms with Crippen LogP contribution in [0.3, 0.4) is 0 Å². The monoisotopic (exact) mass is 431 g/mol. The zero-order valence-electron chi connectivity index (χ0n) is 17.7. The highest BCUT2D eigenvalue weighted by molar-refractivity contribution is 5.82. The van der Waals surface area contributed by atoms with Gasteiger partial charge in [0.2, 0.25) is 0 Å². The van der Waals surface area contributed by atoms with E-state index in [-0.39, 0.29) is 11.8 Å². The van der Waals surface area contributed by atoms with Gasteiger partial charge in [-0.05, 0) is 30.1 Å². The summed E-state index contributed by atoms with van der Waals surface area (Å²) in [5, 5.41) is 29.7. The van der Waals surface area contributed by atoms with Crippen molar-refractivity contribution in [2.24, 2.45) is 17.3 Å². The molecule has 2 aromatic heterocycles. The Morgan fingerprint density at radius 2 is 2.10 bits per heavy atom. The first-order chi connectivity index (χ1) is 14.8. The third-order valence-corrected chi connectivity index (χ3v) is 7.42. The van der Waals surface area contributed by atoms with Crippen molar-refractivity contribution in [3.8, 4) is 6.01 Å². The van der Waals surface area contributed by atoms with Gasteiger partial charge in [-0.15, -0.1) is 0 Å². The van der Waals surface area contributed by atoms with Crippen molar-refractivity contribution in [3.05, 3.63) is 18.0 Å². The Hall–Kier alpha value is -2.27. The summed E-state index contributed by atoms with van der Waals surface area (Å²) < 4.78 is 12.9. The van der Waals surface area contributed by atoms with Crippen molar-refractivity contribution < 1.29 is 24.8 Å². The van der Waals surface area contributed by atoms with E-state index >= 15 is 0 Å². The molecule has 3 aliphatic carbocycles. The van der Waals surface area contributed by atoms with Gasteiger partial charge in [-0.3, -0.25) is 4.57 Å². The van der Waals surface area contributed by atoms with Gasteiger partial charge in [0.05, 0.1) is 19.5 Å². The molecular formula is C21H29N5O5. The third kappa shape index (κ3) is 3.20. The maximum Gasteiger partial charge on any atom is 0.320 e. The second kappa shape index (κ2) is 7.40. The number of allylic oxidation sites excluding steroid dienone is 1. The molecule has 1 saturated carbocycles. The lowest BCUT2D eigenvalue weighted by molar-refractivity contribution is -0.0511. The van der Waals surface area contributed by atoms with E-state index in [1.54, 1.807) is 0 Å². The molecule has 31 heavy (non-hydrogen) atoms. The lowest BCUT2D eigenvalue weighted by Crippen LogP contribution is -2.48. The average molecular weight is 431 g/mol. The summed E-state index contributed by atoms with van der Waals surface area (Å²) in [5.41, 5.74) is 8.55. The second-order valence-corrected chi connectivity index (χ2v) is 9.36. The largest absolute Gasteiger partial charge is 0.463 e. The summed E-state index contributed by atoms with van der Waals surface area (Å²) in [4.78, 5) is 12.8. The number of aromatic nitrogens is 4. The molecule has 10 nitrogen and oxygen atoms in total. The van der Waals surface area contributed by atoms with Gasteiger partial charge in [0.25, 0.3) is 0 Å². The number of nitrogen functional groups attached to an aromatic ring is 1. The number of fused-ring (bicyclic) bond motifs is 2. The van der Waals surface area contributed by atoms with Crippen LogP contribution in [0, 0.1) is 17.3 Å². The molecule has 6 atom stereocenters. The van der Waals surface area contributed by atoms with Crippen molar-refractivity contribution >= 4 is 17.0 Å². The van der Waals surface area contributed by atoms with Gasteiger partial charge < -0.3 is 30.5 Å². The minimum atomic E-state index is -1.25. The molecule has 3 heterocycles. The van der Waals surface area contributed by atoms with Gasteiger partial charge in [0, 0.05) is 6.42 Å². The van der Waals surface area contributed by atoms with Gasteiger partial charge in [0.15, 0.2) is 23.2 Å². The Morgan fingerprint density at radius 1 is 1.29 bits per heavy atom. The highest BCUT2D eigenvalue weighted by Crippen LogP contribution is 2.59. The maximum absolute atomic E-state index is 10.3. The predicted molar refractivity (Wildman–Crippen MR) is 111 cm³/mol. The standard InChI is InChI=1S/C21H29N5O5/c1-21(2)11-4-3-10(12(21)7-11)5-6-30-20-24-17(22)14-18(25-20)26(9-23-14)19-16(29)15(28)13(8-27)31-19/h3,9,11-13,15-16,19,27-29H,4-8H2,1-2H3,(H2,22,24,25)/t11-,12-,13+,15+,16+,19+/m0/s1. The smallest absolute Gasteiger partial charge is 0.320 e. The lowest BCUT2D eigenvalue weighted by Gasteiger charge is -2.56. The van der Waals surface area contributed by atoms with Gasteiger partial charge in [-0.1, -0.05) is 25.5 Å². The van der Waals surface area contributed by atoms with E-state index in [0.717, 1.165) is 18.8 Å². The van der Waals surface area contributed by atoms with Gasteiger partial charge in [-0.25, -0.2) is 4.98 Å². The number of nitrogens with two attached hydrogens (primary N) is 1. The third-order valence-electron chi connectivity index (χ3n) is 7.42. The number of nitrogens with zero attached hydrogens (tertiary/aromatic N) is 4. The van der Waals surface area contributed by atoms with Crippen molar-refractivity contribution in [1.82, 2.24) is 19.5 Å². The SMILES string of the molecule is CC1(C)[C@H]2CC=C(CCOc3nc(N)c4ncn([C@@H]5O[C@H](CO)[C@@H](O)[C@H]5O)c4n3)[C@@H]1C2. The van der Waals surface area contributed by atoms with Crippen LogP contribution in [-0.2, 0) is 4.74 Å². The summed E-state index contributed by atoms with van der Waals surface area (Å²) in [6.07, 6.45) is 2.66. The molecule has 0 unspecified atom stereocenters. The van der Waals surface area contributed by atoms with E-state index in [0.29, 0.717) is 29.1 Å². The fourth-order valence-electron chi connectivity index (χ4n) is 5.30. The first-order valence-corrected chi connectivity index (χ1v) is 10.8. The van der Waals surface area contributed by atoms with E-state index in [1.165, 1.54) is 22.9 Å². The number of imidazole rings is 1. The van der Waals surface area contributed by atoms with Crippen LogP contribution in [0.1, 0.15) is 39.3 Å². The molecule has 6 rings (SSSR count). The van der Waals surface area contributed by atoms with Crippen molar-refractivity contribution in [2.45, 2.75) is 57.6 Å². The first-order valence-electron chi connectivity index (χ1n) is 10.8. The normalized spacial score (nSPS) is 33.9. The number of aliphatic hydroxyl groups excluding tert-OH is 3. The number of anilines is 1. The summed E-state index contributed by atoms with van der Waals surface area (Å²) in [7, 11) is 0. The molecule has 2 fully saturated rings. The lowest BCUT2D eigenvalue weighted by atomic mass is 9.48. The molecule has 0 aromatic carbocycles. The topological polar surface area (TPSA) is 149 Å². The number of hydrogen-bond donors (Lipinski definition) is 4. The molecular weight excluding hydrogens is 402 g/mol. The van der Waals surface area contributed by atoms with Crippen LogP contribution >= 0.6 is 0 Å². The Morgan fingerprint density at radius 3 is 2.77 bits per heavy atom. The minimum Gasteiger partial charge on any atom is -0.463 e. The molecule has 0 radical (unpaired) electrons. The molecule has 4 aliphatic rings. The molecule has 5 N–H and O–H groups in total. The Labute approximate surface area is 179 Å². The number of aliphatic hydroxyl groups is 3. The zero-order valence-corrected chi connectivity index (χ0v) is 17.7. The van der Waals surface area contributed by atoms with E-state index < -0.39 is 31.1 Å². The molecule has 0 amide bonds. The zero-order chi connectivity index (χ0) is 21.9. The van der Waals surface area contributed by atoms with Crippen LogP contribution in [0.4, 0.5) is 5.82 Å². The summed E-state index contributed by atoms with van der Waals surface area (Å²) in [6.45, 7) is 4.71. The number of hydrogen-bond acceptors (Lipinski definition) is 9. The van der Waals surface area contributed by atoms with Gasteiger partial charge in [-0.2, -0.15) is 9.97 Å². The molecule has 2 bridgehead atoms. The van der Waals surface area contributed by atoms with Crippen LogP contribution in [0.25, 0.3) is 11.2 Å². The Balaban J connectivity index is 1.33. The molecule has 0 spiro atoms. The fraction of sp³-hybridized carbons (Fsp3) is 0.667. The summed E-state index contributed by atoms with van der Waals surface area (Å²) in [6, 6.07) is 0.126. The van der Waals surface area contributed by atoms with Crippen LogP contribution in [0.15, 0.2) is 18.0 Å². The van der Waals surface area contributed by atoms with Gasteiger partial charge >= 0.3 is 6.01 Å². The summed E-state index contributed by atoms with van der Waals surface area (Å²) in [5.74, 6) is 1.58. The van der Waals surface area contributed by atoms with Crippen LogP contribution < -0.4 is 10.5 Å². The number of rotatable bonds is 6. The highest BCUT2D eigenvalue weighted by atomic mass is 16.6. The van der Waals surface area contributed by atoms with E-state index in [4.69, 9.17) is 15.2 Å². The van der Waals surface area contributed by atoms with Crippen molar-refractivity contribution in [1.29, 1.82) is 0 Å². The predicted octanol–water partition coefficient (Wildman–Crippen LogP) is 0.781. The molecule has 1 saturated heterocycles. The fourth-order valence-corrected chi connectivity index (χ4v) is 5.30. The first kappa shape index (κ1) is 20.6. The van der Waals surface area contributed by atoms with Crippen molar-refractivity contribution in [3.63, 3.8) is 0 Å². The molecule has 2 aromatic rings. The summed E-state index contributed by atoms with van der Waals surface area (Å²) >= 11 is 0. The molecule has 10 heteroatoms. The van der Waals surface area contributed by atoms with Crippen LogP contribution in [0.5, 0.6) is 6.01 Å².